The SMILES string of the molecule is Cc1cc(OC2CCCN(C(=O)c3ccc(S(=O)(=O)N4CCCCC4)cc3)C2)nc(C)n1. The van der Waals surface area contributed by atoms with Crippen LogP contribution < -0.4 is 4.74 Å². The molecular weight excluding hydrogens is 428 g/mol. The summed E-state index contributed by atoms with van der Waals surface area (Å²) in [5, 5.41) is 0. The van der Waals surface area contributed by atoms with E-state index in [1.165, 1.54) is 4.31 Å². The number of rotatable bonds is 5. The van der Waals surface area contributed by atoms with Gasteiger partial charge in [0, 0.05) is 37.0 Å². The van der Waals surface area contributed by atoms with E-state index in [1.807, 2.05) is 13.8 Å². The maximum Gasteiger partial charge on any atom is 0.253 e. The Hall–Kier alpha value is -2.52. The summed E-state index contributed by atoms with van der Waals surface area (Å²) in [5.74, 6) is 1.07. The first-order valence-electron chi connectivity index (χ1n) is 11.2. The van der Waals surface area contributed by atoms with Crippen LogP contribution >= 0.6 is 0 Å². The second kappa shape index (κ2) is 9.54. The van der Waals surface area contributed by atoms with Gasteiger partial charge in [-0.3, -0.25) is 4.79 Å². The Morgan fingerprint density at radius 1 is 1.00 bits per heavy atom. The lowest BCUT2D eigenvalue weighted by molar-refractivity contribution is 0.0526. The predicted molar refractivity (Wildman–Crippen MR) is 120 cm³/mol. The van der Waals surface area contributed by atoms with Gasteiger partial charge >= 0.3 is 0 Å². The number of carbonyl (C=O) groups excluding carboxylic acids is 1. The van der Waals surface area contributed by atoms with Crippen LogP contribution in [-0.4, -0.2) is 65.8 Å². The Labute approximate surface area is 189 Å². The van der Waals surface area contributed by atoms with Gasteiger partial charge in [-0.15, -0.1) is 0 Å². The van der Waals surface area contributed by atoms with Crippen molar-refractivity contribution >= 4 is 15.9 Å². The van der Waals surface area contributed by atoms with Crippen molar-refractivity contribution in [3.05, 3.63) is 47.4 Å². The lowest BCUT2D eigenvalue weighted by Gasteiger charge is -2.32. The topological polar surface area (TPSA) is 92.7 Å². The average Bonchev–Trinajstić information content (AvgIpc) is 2.79. The molecule has 3 heterocycles. The minimum Gasteiger partial charge on any atom is -0.472 e. The van der Waals surface area contributed by atoms with Gasteiger partial charge in [-0.25, -0.2) is 13.4 Å². The number of amides is 1. The molecule has 8 nitrogen and oxygen atoms in total. The van der Waals surface area contributed by atoms with Gasteiger partial charge in [-0.2, -0.15) is 9.29 Å². The van der Waals surface area contributed by atoms with E-state index in [2.05, 4.69) is 9.97 Å². The van der Waals surface area contributed by atoms with E-state index < -0.39 is 10.0 Å². The lowest BCUT2D eigenvalue weighted by Crippen LogP contribution is -2.44. The van der Waals surface area contributed by atoms with E-state index in [0.29, 0.717) is 43.4 Å². The van der Waals surface area contributed by atoms with Crippen LogP contribution in [0.4, 0.5) is 0 Å². The Morgan fingerprint density at radius 3 is 2.41 bits per heavy atom. The second-order valence-electron chi connectivity index (χ2n) is 8.52. The standard InChI is InChI=1S/C23H30N4O4S/c1-17-15-22(25-18(2)24-17)31-20-7-6-12-26(16-20)23(28)19-8-10-21(11-9-19)32(29,30)27-13-4-3-5-14-27/h8-11,15,20H,3-7,12-14,16H2,1-2H3. The van der Waals surface area contributed by atoms with Crippen molar-refractivity contribution in [3.8, 4) is 5.88 Å². The molecule has 1 aromatic carbocycles. The van der Waals surface area contributed by atoms with Crippen molar-refractivity contribution in [3.63, 3.8) is 0 Å². The van der Waals surface area contributed by atoms with Gasteiger partial charge < -0.3 is 9.64 Å². The van der Waals surface area contributed by atoms with E-state index in [4.69, 9.17) is 4.74 Å². The molecule has 2 aromatic rings. The highest BCUT2D eigenvalue weighted by Crippen LogP contribution is 2.23. The maximum atomic E-state index is 13.1. The summed E-state index contributed by atoms with van der Waals surface area (Å²) in [4.78, 5) is 23.7. The van der Waals surface area contributed by atoms with E-state index in [1.54, 1.807) is 35.2 Å². The Kier molecular flexibility index (Phi) is 6.76. The van der Waals surface area contributed by atoms with Crippen LogP contribution in [0.25, 0.3) is 0 Å². The molecule has 1 aromatic heterocycles. The normalized spacial score (nSPS) is 20.2. The molecule has 1 unspecified atom stereocenters. The van der Waals surface area contributed by atoms with E-state index in [-0.39, 0.29) is 16.9 Å². The first-order chi connectivity index (χ1) is 15.3. The van der Waals surface area contributed by atoms with Gasteiger partial charge in [0.15, 0.2) is 0 Å². The molecule has 0 N–H and O–H groups in total. The fraction of sp³-hybridized carbons (Fsp3) is 0.522. The van der Waals surface area contributed by atoms with Crippen LogP contribution in [-0.2, 0) is 10.0 Å². The first kappa shape index (κ1) is 22.7. The smallest absolute Gasteiger partial charge is 0.253 e. The molecule has 0 radical (unpaired) electrons. The predicted octanol–water partition coefficient (Wildman–Crippen LogP) is 2.95. The van der Waals surface area contributed by atoms with Crippen molar-refractivity contribution in [2.75, 3.05) is 26.2 Å². The quantitative estimate of drug-likeness (QED) is 0.684. The van der Waals surface area contributed by atoms with Crippen LogP contribution in [0.2, 0.25) is 0 Å². The lowest BCUT2D eigenvalue weighted by atomic mass is 10.1. The van der Waals surface area contributed by atoms with Gasteiger partial charge in [0.25, 0.3) is 5.91 Å². The fourth-order valence-corrected chi connectivity index (χ4v) is 5.86. The fourth-order valence-electron chi connectivity index (χ4n) is 4.34. The number of piperidine rings is 2. The second-order valence-corrected chi connectivity index (χ2v) is 10.5. The first-order valence-corrected chi connectivity index (χ1v) is 12.7. The zero-order chi connectivity index (χ0) is 22.7. The molecule has 1 atom stereocenters. The van der Waals surface area contributed by atoms with Gasteiger partial charge in [0.05, 0.1) is 11.4 Å². The number of benzene rings is 1. The van der Waals surface area contributed by atoms with E-state index in [0.717, 1.165) is 37.8 Å². The number of nitrogens with zero attached hydrogens (tertiary/aromatic N) is 4. The third-order valence-electron chi connectivity index (χ3n) is 5.95. The summed E-state index contributed by atoms with van der Waals surface area (Å²) >= 11 is 0. The highest BCUT2D eigenvalue weighted by molar-refractivity contribution is 7.89. The molecule has 1 amide bonds. The number of carbonyl (C=O) groups is 1. The third-order valence-corrected chi connectivity index (χ3v) is 7.86. The average molecular weight is 459 g/mol. The van der Waals surface area contributed by atoms with Crippen molar-refractivity contribution in [1.82, 2.24) is 19.2 Å². The largest absolute Gasteiger partial charge is 0.472 e. The number of likely N-dealkylation sites (tertiary alicyclic amines) is 1. The van der Waals surface area contributed by atoms with Crippen molar-refractivity contribution in [1.29, 1.82) is 0 Å². The molecule has 2 aliphatic rings. The molecule has 32 heavy (non-hydrogen) atoms. The highest BCUT2D eigenvalue weighted by Gasteiger charge is 2.28. The number of sulfonamides is 1. The zero-order valence-electron chi connectivity index (χ0n) is 18.7. The highest BCUT2D eigenvalue weighted by atomic mass is 32.2. The minimum atomic E-state index is -3.50. The van der Waals surface area contributed by atoms with Crippen molar-refractivity contribution < 1.29 is 17.9 Å². The van der Waals surface area contributed by atoms with Gasteiger partial charge in [-0.05, 0) is 63.8 Å². The van der Waals surface area contributed by atoms with Crippen LogP contribution in [0.15, 0.2) is 35.2 Å². The Morgan fingerprint density at radius 2 is 1.72 bits per heavy atom. The number of hydrogen-bond acceptors (Lipinski definition) is 6. The monoisotopic (exact) mass is 458 g/mol. The Balaban J connectivity index is 1.42. The van der Waals surface area contributed by atoms with E-state index >= 15 is 0 Å². The molecule has 2 fully saturated rings. The number of aryl methyl sites for hydroxylation is 2. The Bertz CT molecular complexity index is 1050. The molecule has 172 valence electrons. The van der Waals surface area contributed by atoms with Gasteiger partial charge in [0.2, 0.25) is 15.9 Å². The van der Waals surface area contributed by atoms with E-state index in [9.17, 15) is 13.2 Å². The molecule has 2 saturated heterocycles. The maximum absolute atomic E-state index is 13.1. The van der Waals surface area contributed by atoms with Crippen molar-refractivity contribution in [2.24, 2.45) is 0 Å². The summed E-state index contributed by atoms with van der Waals surface area (Å²) in [5.41, 5.74) is 1.33. The summed E-state index contributed by atoms with van der Waals surface area (Å²) in [6.07, 6.45) is 4.39. The molecule has 0 spiro atoms. The van der Waals surface area contributed by atoms with Crippen LogP contribution in [0.3, 0.4) is 0 Å². The number of aromatic nitrogens is 2. The molecule has 2 aliphatic heterocycles. The van der Waals surface area contributed by atoms with Gasteiger partial charge in [-0.1, -0.05) is 6.42 Å². The zero-order valence-corrected chi connectivity index (χ0v) is 19.5. The number of hydrogen-bond donors (Lipinski definition) is 0. The number of ether oxygens (including phenoxy) is 1. The molecule has 0 saturated carbocycles. The third kappa shape index (κ3) is 5.10. The molecule has 9 heteroatoms. The summed E-state index contributed by atoms with van der Waals surface area (Å²) < 4.78 is 33.2. The summed E-state index contributed by atoms with van der Waals surface area (Å²) in [7, 11) is -3.50. The van der Waals surface area contributed by atoms with Crippen LogP contribution in [0, 0.1) is 13.8 Å². The minimum absolute atomic E-state index is 0.115. The van der Waals surface area contributed by atoms with Crippen LogP contribution in [0.5, 0.6) is 5.88 Å². The van der Waals surface area contributed by atoms with Crippen LogP contribution in [0.1, 0.15) is 54.0 Å². The van der Waals surface area contributed by atoms with Crippen molar-refractivity contribution in [2.45, 2.75) is 57.0 Å². The molecule has 0 aliphatic carbocycles. The molecule has 4 rings (SSSR count). The van der Waals surface area contributed by atoms with Gasteiger partial charge in [0.1, 0.15) is 11.9 Å². The summed E-state index contributed by atoms with van der Waals surface area (Å²) in [6.45, 7) is 5.95. The molecular formula is C23H30N4O4S. The summed E-state index contributed by atoms with van der Waals surface area (Å²) in [6, 6.07) is 8.11. The molecule has 0 bridgehead atoms.